The Bertz CT molecular complexity index is 451. The quantitative estimate of drug-likeness (QED) is 0.775. The van der Waals surface area contributed by atoms with Gasteiger partial charge in [-0.2, -0.15) is 5.10 Å². The van der Waals surface area contributed by atoms with Crippen molar-refractivity contribution in [3.63, 3.8) is 0 Å². The minimum Gasteiger partial charge on any atom is -0.381 e. The second-order valence-electron chi connectivity index (χ2n) is 5.22. The fourth-order valence-electron chi connectivity index (χ4n) is 3.08. The minimum atomic E-state index is 0.107. The zero-order valence-corrected chi connectivity index (χ0v) is 11.7. The molecule has 1 aromatic rings. The molecule has 1 aliphatic carbocycles. The van der Waals surface area contributed by atoms with E-state index in [9.17, 15) is 4.79 Å². The van der Waals surface area contributed by atoms with E-state index in [0.717, 1.165) is 42.6 Å². The lowest BCUT2D eigenvalue weighted by Gasteiger charge is -2.29. The molecule has 0 aliphatic heterocycles. The summed E-state index contributed by atoms with van der Waals surface area (Å²) in [6, 6.07) is 0.371. The Labute approximate surface area is 108 Å². The zero-order valence-electron chi connectivity index (χ0n) is 11.7. The van der Waals surface area contributed by atoms with Gasteiger partial charge in [0, 0.05) is 12.8 Å². The topological polar surface area (TPSA) is 44.1 Å². The Morgan fingerprint density at radius 3 is 2.67 bits per heavy atom. The van der Waals surface area contributed by atoms with Crippen LogP contribution in [0.5, 0.6) is 0 Å². The van der Waals surface area contributed by atoms with Crippen molar-refractivity contribution in [2.75, 3.05) is 7.11 Å². The number of Topliss-reactive ketones (excluding diaryl/α,β-unsaturated/α-hetero) is 1. The SMILES string of the molecule is COC1CCCC(n2nc(C)c(C(C)=O)c2C)C1. The molecule has 1 saturated carbocycles. The van der Waals surface area contributed by atoms with Gasteiger partial charge < -0.3 is 4.74 Å². The summed E-state index contributed by atoms with van der Waals surface area (Å²) in [7, 11) is 1.77. The predicted molar refractivity (Wildman–Crippen MR) is 70.0 cm³/mol. The van der Waals surface area contributed by atoms with Crippen molar-refractivity contribution in [1.29, 1.82) is 0 Å². The predicted octanol–water partition coefficient (Wildman–Crippen LogP) is 2.83. The number of aryl methyl sites for hydroxylation is 1. The second kappa shape index (κ2) is 5.22. The van der Waals surface area contributed by atoms with Crippen molar-refractivity contribution in [2.45, 2.75) is 58.6 Å². The van der Waals surface area contributed by atoms with Gasteiger partial charge in [-0.05, 0) is 46.5 Å². The molecule has 1 fully saturated rings. The van der Waals surface area contributed by atoms with E-state index in [4.69, 9.17) is 4.74 Å². The molecule has 0 spiro atoms. The number of ketones is 1. The fourth-order valence-corrected chi connectivity index (χ4v) is 3.08. The van der Waals surface area contributed by atoms with Crippen LogP contribution in [0.1, 0.15) is 60.4 Å². The normalized spacial score (nSPS) is 24.2. The van der Waals surface area contributed by atoms with Crippen molar-refractivity contribution < 1.29 is 9.53 Å². The standard InChI is InChI=1S/C14H22N2O2/c1-9-14(11(3)17)10(2)16(15-9)12-6-5-7-13(8-12)18-4/h12-13H,5-8H2,1-4H3. The first kappa shape index (κ1) is 13.3. The number of carbonyl (C=O) groups is 1. The molecule has 0 radical (unpaired) electrons. The van der Waals surface area contributed by atoms with Crippen molar-refractivity contribution in [3.8, 4) is 0 Å². The van der Waals surface area contributed by atoms with Gasteiger partial charge in [0.2, 0.25) is 0 Å². The van der Waals surface area contributed by atoms with Gasteiger partial charge in [-0.1, -0.05) is 0 Å². The summed E-state index contributed by atoms with van der Waals surface area (Å²) in [4.78, 5) is 11.6. The van der Waals surface area contributed by atoms with E-state index in [1.165, 1.54) is 0 Å². The Hall–Kier alpha value is -1.16. The Morgan fingerprint density at radius 2 is 2.11 bits per heavy atom. The molecular weight excluding hydrogens is 228 g/mol. The first-order valence-corrected chi connectivity index (χ1v) is 6.64. The first-order valence-electron chi connectivity index (χ1n) is 6.64. The largest absolute Gasteiger partial charge is 0.381 e. The molecule has 100 valence electrons. The number of rotatable bonds is 3. The number of ether oxygens (including phenoxy) is 1. The maximum atomic E-state index is 11.6. The smallest absolute Gasteiger partial charge is 0.163 e. The molecule has 4 nitrogen and oxygen atoms in total. The number of carbonyl (C=O) groups excluding carboxylic acids is 1. The van der Waals surface area contributed by atoms with Crippen LogP contribution in [0.2, 0.25) is 0 Å². The lowest BCUT2D eigenvalue weighted by molar-refractivity contribution is 0.0503. The van der Waals surface area contributed by atoms with Crippen LogP contribution >= 0.6 is 0 Å². The van der Waals surface area contributed by atoms with Gasteiger partial charge >= 0.3 is 0 Å². The molecule has 0 N–H and O–H groups in total. The molecular formula is C14H22N2O2. The molecule has 1 heterocycles. The highest BCUT2D eigenvalue weighted by Crippen LogP contribution is 2.31. The van der Waals surface area contributed by atoms with Crippen LogP contribution in [0.15, 0.2) is 0 Å². The lowest BCUT2D eigenvalue weighted by atomic mass is 9.92. The van der Waals surface area contributed by atoms with Crippen molar-refractivity contribution >= 4 is 5.78 Å². The van der Waals surface area contributed by atoms with Gasteiger partial charge in [0.15, 0.2) is 5.78 Å². The van der Waals surface area contributed by atoms with Gasteiger partial charge in [-0.15, -0.1) is 0 Å². The van der Waals surface area contributed by atoms with Gasteiger partial charge in [0.1, 0.15) is 0 Å². The average Bonchev–Trinajstić information content (AvgIpc) is 2.65. The molecule has 4 heteroatoms. The van der Waals surface area contributed by atoms with Gasteiger partial charge in [0.05, 0.1) is 23.4 Å². The van der Waals surface area contributed by atoms with Crippen molar-refractivity contribution in [2.24, 2.45) is 0 Å². The molecule has 0 bridgehead atoms. The molecule has 0 amide bonds. The van der Waals surface area contributed by atoms with E-state index < -0.39 is 0 Å². The summed E-state index contributed by atoms with van der Waals surface area (Å²) in [5.74, 6) is 0.107. The van der Waals surface area contributed by atoms with Gasteiger partial charge in [-0.25, -0.2) is 0 Å². The summed E-state index contributed by atoms with van der Waals surface area (Å²) in [6.45, 7) is 5.52. The van der Waals surface area contributed by atoms with E-state index in [1.54, 1.807) is 14.0 Å². The van der Waals surface area contributed by atoms with Crippen LogP contribution in [0.25, 0.3) is 0 Å². The Balaban J connectivity index is 2.28. The van der Waals surface area contributed by atoms with E-state index >= 15 is 0 Å². The average molecular weight is 250 g/mol. The monoisotopic (exact) mass is 250 g/mol. The zero-order chi connectivity index (χ0) is 13.3. The van der Waals surface area contributed by atoms with Crippen LogP contribution in [-0.4, -0.2) is 28.8 Å². The summed E-state index contributed by atoms with van der Waals surface area (Å²) in [6.07, 6.45) is 4.74. The second-order valence-corrected chi connectivity index (χ2v) is 5.22. The number of hydrogen-bond acceptors (Lipinski definition) is 3. The first-order chi connectivity index (χ1) is 8.54. The van der Waals surface area contributed by atoms with Crippen molar-refractivity contribution in [3.05, 3.63) is 17.0 Å². The maximum Gasteiger partial charge on any atom is 0.163 e. The summed E-state index contributed by atoms with van der Waals surface area (Å²) in [5, 5.41) is 4.56. The van der Waals surface area contributed by atoms with E-state index in [2.05, 4.69) is 5.10 Å². The van der Waals surface area contributed by atoms with Crippen LogP contribution in [0.4, 0.5) is 0 Å². The third-order valence-electron chi connectivity index (χ3n) is 3.95. The minimum absolute atomic E-state index is 0.107. The summed E-state index contributed by atoms with van der Waals surface area (Å²) < 4.78 is 7.50. The van der Waals surface area contributed by atoms with Gasteiger partial charge in [0.25, 0.3) is 0 Å². The highest BCUT2D eigenvalue weighted by Gasteiger charge is 2.26. The molecule has 2 unspecified atom stereocenters. The highest BCUT2D eigenvalue weighted by molar-refractivity contribution is 5.96. The van der Waals surface area contributed by atoms with E-state index in [-0.39, 0.29) is 5.78 Å². The van der Waals surface area contributed by atoms with Crippen LogP contribution in [0.3, 0.4) is 0 Å². The number of aromatic nitrogens is 2. The number of methoxy groups -OCH3 is 1. The van der Waals surface area contributed by atoms with E-state index in [0.29, 0.717) is 12.1 Å². The molecule has 0 saturated heterocycles. The number of nitrogens with zero attached hydrogens (tertiary/aromatic N) is 2. The van der Waals surface area contributed by atoms with Gasteiger partial charge in [-0.3, -0.25) is 9.48 Å². The molecule has 18 heavy (non-hydrogen) atoms. The van der Waals surface area contributed by atoms with E-state index in [1.807, 2.05) is 18.5 Å². The highest BCUT2D eigenvalue weighted by atomic mass is 16.5. The van der Waals surface area contributed by atoms with Crippen LogP contribution in [0, 0.1) is 13.8 Å². The molecule has 1 aromatic heterocycles. The third-order valence-corrected chi connectivity index (χ3v) is 3.95. The Kier molecular flexibility index (Phi) is 3.85. The molecule has 2 rings (SSSR count). The third kappa shape index (κ3) is 2.34. The van der Waals surface area contributed by atoms with Crippen LogP contribution < -0.4 is 0 Å². The van der Waals surface area contributed by atoms with Crippen molar-refractivity contribution in [1.82, 2.24) is 9.78 Å². The molecule has 2 atom stereocenters. The maximum absolute atomic E-state index is 11.6. The number of hydrogen-bond donors (Lipinski definition) is 0. The fraction of sp³-hybridized carbons (Fsp3) is 0.714. The summed E-state index contributed by atoms with van der Waals surface area (Å²) in [5.41, 5.74) is 2.64. The molecule has 0 aromatic carbocycles. The molecule has 1 aliphatic rings. The summed E-state index contributed by atoms with van der Waals surface area (Å²) >= 11 is 0. The lowest BCUT2D eigenvalue weighted by Crippen LogP contribution is -2.25. The van der Waals surface area contributed by atoms with Crippen LogP contribution in [-0.2, 0) is 4.74 Å². The Morgan fingerprint density at radius 1 is 1.39 bits per heavy atom.